The van der Waals surface area contributed by atoms with Crippen LogP contribution in [0.5, 0.6) is 0 Å². The van der Waals surface area contributed by atoms with Gasteiger partial charge in [0.1, 0.15) is 5.25 Å². The molecule has 3 aromatic rings. The van der Waals surface area contributed by atoms with Crippen molar-refractivity contribution in [2.24, 2.45) is 10.2 Å². The lowest BCUT2D eigenvalue weighted by Gasteiger charge is -2.15. The molecule has 1 atom stereocenters. The van der Waals surface area contributed by atoms with Crippen LogP contribution in [0.15, 0.2) is 89.1 Å². The summed E-state index contributed by atoms with van der Waals surface area (Å²) in [4.78, 5) is 27.4. The second-order valence-corrected chi connectivity index (χ2v) is 8.94. The van der Waals surface area contributed by atoms with E-state index >= 15 is 0 Å². The molecule has 1 saturated heterocycles. The molecule has 2 amide bonds. The monoisotopic (exact) mass is 456 g/mol. The van der Waals surface area contributed by atoms with Gasteiger partial charge in [0.15, 0.2) is 5.17 Å². The first-order chi connectivity index (χ1) is 16.0. The molecule has 6 nitrogen and oxygen atoms in total. The number of hydrogen-bond acceptors (Lipinski definition) is 5. The van der Waals surface area contributed by atoms with Crippen molar-refractivity contribution in [1.29, 1.82) is 0 Å². The van der Waals surface area contributed by atoms with E-state index < -0.39 is 5.25 Å². The third-order valence-corrected chi connectivity index (χ3v) is 6.21. The van der Waals surface area contributed by atoms with Crippen molar-refractivity contribution in [1.82, 2.24) is 0 Å². The van der Waals surface area contributed by atoms with E-state index in [2.05, 4.69) is 15.5 Å². The predicted molar refractivity (Wildman–Crippen MR) is 136 cm³/mol. The number of anilines is 2. The number of para-hydroxylation sites is 1. The molecule has 7 heteroatoms. The summed E-state index contributed by atoms with van der Waals surface area (Å²) in [6.45, 7) is 4.01. The molecule has 0 saturated carbocycles. The van der Waals surface area contributed by atoms with Crippen LogP contribution >= 0.6 is 11.8 Å². The second kappa shape index (κ2) is 10.3. The van der Waals surface area contributed by atoms with E-state index in [4.69, 9.17) is 0 Å². The minimum Gasteiger partial charge on any atom is -0.326 e. The lowest BCUT2D eigenvalue weighted by molar-refractivity contribution is -0.121. The van der Waals surface area contributed by atoms with Gasteiger partial charge in [0.05, 0.1) is 11.9 Å². The largest absolute Gasteiger partial charge is 0.326 e. The van der Waals surface area contributed by atoms with Crippen LogP contribution in [0.3, 0.4) is 0 Å². The SMILES string of the molecule is Cc1ccc(C=NN=C2SC(CC(=O)Nc3ccc(C)cc3)C(=O)N2c2ccccc2)cc1. The maximum atomic E-state index is 13.2. The van der Waals surface area contributed by atoms with Gasteiger partial charge in [-0.25, -0.2) is 0 Å². The molecule has 1 aliphatic rings. The fourth-order valence-electron chi connectivity index (χ4n) is 3.30. The highest BCUT2D eigenvalue weighted by molar-refractivity contribution is 8.16. The van der Waals surface area contributed by atoms with Crippen molar-refractivity contribution in [2.75, 3.05) is 10.2 Å². The van der Waals surface area contributed by atoms with Crippen molar-refractivity contribution in [3.63, 3.8) is 0 Å². The normalized spacial score (nSPS) is 17.2. The molecule has 4 rings (SSSR count). The van der Waals surface area contributed by atoms with Gasteiger partial charge in [-0.2, -0.15) is 5.10 Å². The van der Waals surface area contributed by atoms with E-state index in [1.54, 1.807) is 6.21 Å². The van der Waals surface area contributed by atoms with Crippen LogP contribution in [0.1, 0.15) is 23.1 Å². The van der Waals surface area contributed by atoms with Crippen LogP contribution in [-0.2, 0) is 9.59 Å². The zero-order valence-electron chi connectivity index (χ0n) is 18.4. The Balaban J connectivity index is 1.52. The molecular formula is C26H24N4O2S. The Morgan fingerprint density at radius 3 is 2.27 bits per heavy atom. The summed E-state index contributed by atoms with van der Waals surface area (Å²) in [5.74, 6) is -0.406. The zero-order chi connectivity index (χ0) is 23.2. The maximum Gasteiger partial charge on any atom is 0.247 e. The summed E-state index contributed by atoms with van der Waals surface area (Å²) >= 11 is 1.25. The topological polar surface area (TPSA) is 74.1 Å². The van der Waals surface area contributed by atoms with Crippen LogP contribution in [-0.4, -0.2) is 28.4 Å². The van der Waals surface area contributed by atoms with Gasteiger partial charge in [-0.1, -0.05) is 77.5 Å². The standard InChI is InChI=1S/C26H24N4O2S/c1-18-8-12-20(13-9-18)17-27-29-26-30(22-6-4-3-5-7-22)25(32)23(33-26)16-24(31)28-21-14-10-19(2)11-15-21/h3-15,17,23H,16H2,1-2H3,(H,28,31). The Morgan fingerprint density at radius 2 is 1.61 bits per heavy atom. The van der Waals surface area contributed by atoms with Gasteiger partial charge in [0.25, 0.3) is 0 Å². The highest BCUT2D eigenvalue weighted by atomic mass is 32.2. The number of benzene rings is 3. The molecule has 1 N–H and O–H groups in total. The van der Waals surface area contributed by atoms with Gasteiger partial charge in [0, 0.05) is 12.1 Å². The fraction of sp³-hybridized carbons (Fsp3) is 0.154. The fourth-order valence-corrected chi connectivity index (χ4v) is 4.39. The summed E-state index contributed by atoms with van der Waals surface area (Å²) in [5, 5.41) is 11.3. The Morgan fingerprint density at radius 1 is 0.970 bits per heavy atom. The van der Waals surface area contributed by atoms with E-state index in [1.165, 1.54) is 16.7 Å². The molecule has 0 spiro atoms. The summed E-state index contributed by atoms with van der Waals surface area (Å²) in [5.41, 5.74) is 4.59. The Labute approximate surface area is 197 Å². The molecule has 1 aliphatic heterocycles. The highest BCUT2D eigenvalue weighted by Gasteiger charge is 2.40. The molecule has 1 heterocycles. The van der Waals surface area contributed by atoms with Crippen molar-refractivity contribution in [3.05, 3.63) is 95.6 Å². The van der Waals surface area contributed by atoms with Gasteiger partial charge in [-0.3, -0.25) is 14.5 Å². The number of rotatable bonds is 6. The van der Waals surface area contributed by atoms with Crippen LogP contribution in [0.2, 0.25) is 0 Å². The number of carbonyl (C=O) groups is 2. The average Bonchev–Trinajstić information content (AvgIpc) is 3.12. The smallest absolute Gasteiger partial charge is 0.247 e. The molecule has 166 valence electrons. The predicted octanol–water partition coefficient (Wildman–Crippen LogP) is 5.17. The van der Waals surface area contributed by atoms with Gasteiger partial charge in [-0.15, -0.1) is 5.10 Å². The summed E-state index contributed by atoms with van der Waals surface area (Å²) in [6.07, 6.45) is 1.69. The minimum absolute atomic E-state index is 0.0431. The molecule has 0 aliphatic carbocycles. The van der Waals surface area contributed by atoms with E-state index in [1.807, 2.05) is 92.7 Å². The number of amides is 2. The molecular weight excluding hydrogens is 432 g/mol. The van der Waals surface area contributed by atoms with Gasteiger partial charge < -0.3 is 5.32 Å². The van der Waals surface area contributed by atoms with E-state index in [0.29, 0.717) is 16.5 Å². The van der Waals surface area contributed by atoms with Gasteiger partial charge >= 0.3 is 0 Å². The van der Waals surface area contributed by atoms with Crippen LogP contribution in [0, 0.1) is 13.8 Å². The molecule has 3 aromatic carbocycles. The number of aryl methyl sites for hydroxylation is 2. The summed E-state index contributed by atoms with van der Waals surface area (Å²) in [7, 11) is 0. The van der Waals surface area contributed by atoms with Gasteiger partial charge in [-0.05, 0) is 43.7 Å². The summed E-state index contributed by atoms with van der Waals surface area (Å²) < 4.78 is 0. The van der Waals surface area contributed by atoms with Crippen molar-refractivity contribution in [2.45, 2.75) is 25.5 Å². The Hall–Kier alpha value is -3.71. The molecule has 1 unspecified atom stereocenters. The number of amidine groups is 1. The quantitative estimate of drug-likeness (QED) is 0.411. The average molecular weight is 457 g/mol. The third kappa shape index (κ3) is 5.75. The first-order valence-electron chi connectivity index (χ1n) is 10.6. The lowest BCUT2D eigenvalue weighted by Crippen LogP contribution is -2.33. The second-order valence-electron chi connectivity index (χ2n) is 7.77. The maximum absolute atomic E-state index is 13.2. The van der Waals surface area contributed by atoms with Crippen molar-refractivity contribution >= 4 is 46.3 Å². The lowest BCUT2D eigenvalue weighted by atomic mass is 10.2. The number of nitrogens with zero attached hydrogens (tertiary/aromatic N) is 3. The van der Waals surface area contributed by atoms with Crippen LogP contribution in [0.4, 0.5) is 11.4 Å². The van der Waals surface area contributed by atoms with E-state index in [-0.39, 0.29) is 18.2 Å². The minimum atomic E-state index is -0.580. The summed E-state index contributed by atoms with van der Waals surface area (Å²) in [6, 6.07) is 24.8. The Kier molecular flexibility index (Phi) is 7.00. The third-order valence-electron chi connectivity index (χ3n) is 5.08. The molecule has 0 bridgehead atoms. The molecule has 33 heavy (non-hydrogen) atoms. The molecule has 0 aromatic heterocycles. The zero-order valence-corrected chi connectivity index (χ0v) is 19.3. The first kappa shape index (κ1) is 22.5. The number of nitrogens with one attached hydrogen (secondary N) is 1. The van der Waals surface area contributed by atoms with Gasteiger partial charge in [0.2, 0.25) is 11.8 Å². The Bertz CT molecular complexity index is 1190. The van der Waals surface area contributed by atoms with Crippen molar-refractivity contribution in [3.8, 4) is 0 Å². The van der Waals surface area contributed by atoms with Crippen LogP contribution in [0.25, 0.3) is 0 Å². The molecule has 0 radical (unpaired) electrons. The van der Waals surface area contributed by atoms with E-state index in [0.717, 1.165) is 16.7 Å². The highest BCUT2D eigenvalue weighted by Crippen LogP contribution is 2.34. The van der Waals surface area contributed by atoms with Crippen molar-refractivity contribution < 1.29 is 9.59 Å². The van der Waals surface area contributed by atoms with Crippen LogP contribution < -0.4 is 10.2 Å². The number of hydrogen-bond donors (Lipinski definition) is 1. The molecule has 1 fully saturated rings. The first-order valence-corrected chi connectivity index (χ1v) is 11.5. The van der Waals surface area contributed by atoms with E-state index in [9.17, 15) is 9.59 Å². The number of thioether (sulfide) groups is 1. The number of carbonyl (C=O) groups excluding carboxylic acids is 2.